The molecule has 2 unspecified atom stereocenters. The third-order valence-electron chi connectivity index (χ3n) is 4.37. The Morgan fingerprint density at radius 2 is 2.00 bits per heavy atom. The molecule has 0 spiro atoms. The maximum atomic E-state index is 12.5. The van der Waals surface area contributed by atoms with Gasteiger partial charge in [-0.05, 0) is 49.9 Å². The molecule has 2 aliphatic rings. The minimum atomic E-state index is 0. The van der Waals surface area contributed by atoms with Gasteiger partial charge in [0.1, 0.15) is 0 Å². The lowest BCUT2D eigenvalue weighted by molar-refractivity contribution is 0.0642. The zero-order valence-corrected chi connectivity index (χ0v) is 12.1. The van der Waals surface area contributed by atoms with E-state index in [1.54, 1.807) is 0 Å². The average molecular weight is 281 g/mol. The van der Waals surface area contributed by atoms with Crippen LogP contribution in [0, 0.1) is 18.8 Å². The Labute approximate surface area is 120 Å². The lowest BCUT2D eigenvalue weighted by atomic mass is 9.88. The second-order valence-corrected chi connectivity index (χ2v) is 5.53. The van der Waals surface area contributed by atoms with Gasteiger partial charge in [0, 0.05) is 18.7 Å². The smallest absolute Gasteiger partial charge is 0.254 e. The second-order valence-electron chi connectivity index (χ2n) is 5.53. The van der Waals surface area contributed by atoms with Crippen LogP contribution < -0.4 is 5.32 Å². The molecular weight excluding hydrogens is 260 g/mol. The van der Waals surface area contributed by atoms with E-state index in [0.29, 0.717) is 5.92 Å². The molecule has 0 bridgehead atoms. The number of aryl methyl sites for hydroxylation is 1. The molecule has 104 valence electrons. The quantitative estimate of drug-likeness (QED) is 0.854. The molecule has 2 atom stereocenters. The highest BCUT2D eigenvalue weighted by molar-refractivity contribution is 5.95. The summed E-state index contributed by atoms with van der Waals surface area (Å²) < 4.78 is 0. The van der Waals surface area contributed by atoms with Gasteiger partial charge in [-0.15, -0.1) is 12.4 Å². The molecule has 0 radical (unpaired) electrons. The monoisotopic (exact) mass is 280 g/mol. The van der Waals surface area contributed by atoms with Crippen molar-refractivity contribution in [2.75, 3.05) is 26.2 Å². The Balaban J connectivity index is 0.00000133. The predicted octanol–water partition coefficient (Wildman–Crippen LogP) is 2.10. The number of fused-ring (bicyclic) bond motifs is 1. The number of rotatable bonds is 1. The summed E-state index contributed by atoms with van der Waals surface area (Å²) in [6, 6.07) is 7.89. The van der Waals surface area contributed by atoms with Crippen LogP contribution in [0.25, 0.3) is 0 Å². The fourth-order valence-electron chi connectivity index (χ4n) is 3.20. The van der Waals surface area contributed by atoms with E-state index in [1.165, 1.54) is 0 Å². The van der Waals surface area contributed by atoms with Crippen LogP contribution in [0.4, 0.5) is 0 Å². The van der Waals surface area contributed by atoms with Crippen LogP contribution in [0.1, 0.15) is 22.3 Å². The Morgan fingerprint density at radius 3 is 2.79 bits per heavy atom. The topological polar surface area (TPSA) is 32.3 Å². The van der Waals surface area contributed by atoms with E-state index in [0.717, 1.165) is 49.6 Å². The molecule has 1 aromatic rings. The largest absolute Gasteiger partial charge is 0.338 e. The van der Waals surface area contributed by atoms with Crippen LogP contribution in [-0.2, 0) is 0 Å². The van der Waals surface area contributed by atoms with Crippen molar-refractivity contribution in [2.45, 2.75) is 13.3 Å². The fourth-order valence-corrected chi connectivity index (χ4v) is 3.20. The molecule has 4 heteroatoms. The number of benzene rings is 1. The maximum Gasteiger partial charge on any atom is 0.254 e. The van der Waals surface area contributed by atoms with E-state index in [9.17, 15) is 4.79 Å². The van der Waals surface area contributed by atoms with Crippen molar-refractivity contribution in [3.8, 4) is 0 Å². The summed E-state index contributed by atoms with van der Waals surface area (Å²) in [5.74, 6) is 1.65. The first-order valence-corrected chi connectivity index (χ1v) is 6.81. The highest BCUT2D eigenvalue weighted by Gasteiger charge is 2.34. The van der Waals surface area contributed by atoms with E-state index >= 15 is 0 Å². The minimum Gasteiger partial charge on any atom is -0.338 e. The van der Waals surface area contributed by atoms with Crippen LogP contribution in [0.2, 0.25) is 0 Å². The van der Waals surface area contributed by atoms with Gasteiger partial charge in [0.2, 0.25) is 0 Å². The van der Waals surface area contributed by atoms with E-state index in [-0.39, 0.29) is 18.3 Å². The molecule has 3 rings (SSSR count). The molecule has 0 aromatic heterocycles. The zero-order valence-electron chi connectivity index (χ0n) is 11.3. The molecule has 2 saturated heterocycles. The molecule has 3 nitrogen and oxygen atoms in total. The van der Waals surface area contributed by atoms with Gasteiger partial charge in [-0.1, -0.05) is 18.2 Å². The van der Waals surface area contributed by atoms with Gasteiger partial charge in [0.25, 0.3) is 5.91 Å². The number of likely N-dealkylation sites (tertiary alicyclic amines) is 1. The number of amides is 1. The highest BCUT2D eigenvalue weighted by atomic mass is 35.5. The van der Waals surface area contributed by atoms with Crippen molar-refractivity contribution in [1.82, 2.24) is 10.2 Å². The van der Waals surface area contributed by atoms with Gasteiger partial charge in [-0.3, -0.25) is 4.79 Å². The molecule has 2 heterocycles. The Morgan fingerprint density at radius 1 is 1.26 bits per heavy atom. The van der Waals surface area contributed by atoms with Crippen LogP contribution in [0.15, 0.2) is 24.3 Å². The van der Waals surface area contributed by atoms with E-state index in [1.807, 2.05) is 36.1 Å². The van der Waals surface area contributed by atoms with E-state index in [2.05, 4.69) is 5.32 Å². The van der Waals surface area contributed by atoms with E-state index < -0.39 is 0 Å². The SMILES string of the molecule is Cc1ccccc1C(=O)N1CCC2CNCC2C1.Cl. The average Bonchev–Trinajstić information content (AvgIpc) is 2.85. The first-order chi connectivity index (χ1) is 8.75. The molecule has 0 saturated carbocycles. The van der Waals surface area contributed by atoms with Crippen LogP contribution >= 0.6 is 12.4 Å². The summed E-state index contributed by atoms with van der Waals surface area (Å²) in [6.07, 6.45) is 1.15. The van der Waals surface area contributed by atoms with E-state index in [4.69, 9.17) is 0 Å². The lowest BCUT2D eigenvalue weighted by Gasteiger charge is -2.34. The Kier molecular flexibility index (Phi) is 4.48. The normalized spacial score (nSPS) is 25.6. The molecule has 2 fully saturated rings. The molecule has 2 aliphatic heterocycles. The fraction of sp³-hybridized carbons (Fsp3) is 0.533. The number of nitrogens with zero attached hydrogens (tertiary/aromatic N) is 1. The molecule has 1 amide bonds. The van der Waals surface area contributed by atoms with Gasteiger partial charge >= 0.3 is 0 Å². The number of halogens is 1. The molecule has 1 N–H and O–H groups in total. The standard InChI is InChI=1S/C15H20N2O.ClH/c1-11-4-2-3-5-14(11)15(18)17-7-6-12-8-16-9-13(12)10-17;/h2-5,12-13,16H,6-10H2,1H3;1H. The number of nitrogens with one attached hydrogen (secondary N) is 1. The van der Waals surface area contributed by atoms with Crippen molar-refractivity contribution in [2.24, 2.45) is 11.8 Å². The van der Waals surface area contributed by atoms with Gasteiger partial charge in [0.05, 0.1) is 0 Å². The summed E-state index contributed by atoms with van der Waals surface area (Å²) in [7, 11) is 0. The number of carbonyl (C=O) groups excluding carboxylic acids is 1. The van der Waals surface area contributed by atoms with Crippen molar-refractivity contribution in [1.29, 1.82) is 0 Å². The molecule has 1 aromatic carbocycles. The first kappa shape index (κ1) is 14.4. The summed E-state index contributed by atoms with van der Waals surface area (Å²) in [4.78, 5) is 14.6. The van der Waals surface area contributed by atoms with Crippen molar-refractivity contribution in [3.05, 3.63) is 35.4 Å². The Hall–Kier alpha value is -1.06. The Bertz CT molecular complexity index is 463. The maximum absolute atomic E-state index is 12.5. The minimum absolute atomic E-state index is 0. The van der Waals surface area contributed by atoms with Crippen molar-refractivity contribution < 1.29 is 4.79 Å². The number of hydrogen-bond acceptors (Lipinski definition) is 2. The van der Waals surface area contributed by atoms with Gasteiger partial charge in [0.15, 0.2) is 0 Å². The van der Waals surface area contributed by atoms with Crippen LogP contribution in [0.5, 0.6) is 0 Å². The van der Waals surface area contributed by atoms with Gasteiger partial charge in [-0.2, -0.15) is 0 Å². The first-order valence-electron chi connectivity index (χ1n) is 6.81. The summed E-state index contributed by atoms with van der Waals surface area (Å²) >= 11 is 0. The van der Waals surface area contributed by atoms with Gasteiger partial charge in [-0.25, -0.2) is 0 Å². The molecule has 0 aliphatic carbocycles. The van der Waals surface area contributed by atoms with Crippen molar-refractivity contribution >= 4 is 18.3 Å². The zero-order chi connectivity index (χ0) is 12.5. The third kappa shape index (κ3) is 2.77. The van der Waals surface area contributed by atoms with Crippen molar-refractivity contribution in [3.63, 3.8) is 0 Å². The van der Waals surface area contributed by atoms with Gasteiger partial charge < -0.3 is 10.2 Å². The summed E-state index contributed by atoms with van der Waals surface area (Å²) in [5, 5.41) is 3.44. The number of hydrogen-bond donors (Lipinski definition) is 1. The van der Waals surface area contributed by atoms with Crippen LogP contribution in [0.3, 0.4) is 0 Å². The van der Waals surface area contributed by atoms with Crippen LogP contribution in [-0.4, -0.2) is 37.0 Å². The summed E-state index contributed by atoms with van der Waals surface area (Å²) in [6.45, 7) is 6.05. The number of carbonyl (C=O) groups is 1. The third-order valence-corrected chi connectivity index (χ3v) is 4.37. The molecular formula is C15H21ClN2O. The summed E-state index contributed by atoms with van der Waals surface area (Å²) in [5.41, 5.74) is 1.94. The molecule has 19 heavy (non-hydrogen) atoms. The number of piperidine rings is 1. The highest BCUT2D eigenvalue weighted by Crippen LogP contribution is 2.27. The lowest BCUT2D eigenvalue weighted by Crippen LogP contribution is -2.43. The predicted molar refractivity (Wildman–Crippen MR) is 78.8 cm³/mol. The second kappa shape index (κ2) is 5.93.